The molecule has 1 N–H and O–H groups in total. The van der Waals surface area contributed by atoms with Crippen molar-refractivity contribution in [2.24, 2.45) is 0 Å². The fourth-order valence-corrected chi connectivity index (χ4v) is 4.06. The van der Waals surface area contributed by atoms with Crippen LogP contribution >= 0.6 is 0 Å². The predicted octanol–water partition coefficient (Wildman–Crippen LogP) is 7.94. The summed E-state index contributed by atoms with van der Waals surface area (Å²) in [6.07, 6.45) is 18.6. The van der Waals surface area contributed by atoms with Gasteiger partial charge in [0.2, 0.25) is 0 Å². The van der Waals surface area contributed by atoms with Gasteiger partial charge < -0.3 is 15.0 Å². The number of rotatable bonds is 20. The Morgan fingerprint density at radius 3 is 2.44 bits per heavy atom. The second-order valence-corrected chi connectivity index (χ2v) is 8.87. The molecule has 1 rings (SSSR count). The molecule has 0 saturated carbocycles. The number of benzene rings is 1. The van der Waals surface area contributed by atoms with Gasteiger partial charge in [0.1, 0.15) is 0 Å². The molecule has 186 valence electrons. The lowest BCUT2D eigenvalue weighted by atomic mass is 9.97. The van der Waals surface area contributed by atoms with E-state index in [4.69, 9.17) is 11.2 Å². The minimum Gasteiger partial charge on any atom is -0.384 e. The molecule has 1 aromatic carbocycles. The smallest absolute Gasteiger partial charge is 0.0496 e. The summed E-state index contributed by atoms with van der Waals surface area (Å²) in [5, 5.41) is 3.64. The van der Waals surface area contributed by atoms with Crippen molar-refractivity contribution in [3.63, 3.8) is 0 Å². The summed E-state index contributed by atoms with van der Waals surface area (Å²) in [7, 11) is 2.10. The Morgan fingerprint density at radius 1 is 1.12 bits per heavy atom. The van der Waals surface area contributed by atoms with Gasteiger partial charge in [-0.15, -0.1) is 18.9 Å². The largest absolute Gasteiger partial charge is 0.384 e. The van der Waals surface area contributed by atoms with E-state index in [-0.39, 0.29) is 6.04 Å². The SMILES string of the molecule is C#CCCCCCOCCCCCNc1cccc(C=C)c1C(=C)N(C)C(CCC=C)C(=C)C. The Hall–Kier alpha value is -2.70. The summed E-state index contributed by atoms with van der Waals surface area (Å²) >= 11 is 0. The van der Waals surface area contributed by atoms with Crippen molar-refractivity contribution < 1.29 is 4.74 Å². The third-order valence-electron chi connectivity index (χ3n) is 6.10. The van der Waals surface area contributed by atoms with Crippen molar-refractivity contribution in [3.8, 4) is 12.3 Å². The first kappa shape index (κ1) is 29.3. The molecule has 0 aromatic heterocycles. The van der Waals surface area contributed by atoms with Gasteiger partial charge in [0.15, 0.2) is 0 Å². The monoisotopic (exact) mass is 462 g/mol. The number of nitrogens with one attached hydrogen (secondary N) is 1. The molecule has 0 aliphatic rings. The van der Waals surface area contributed by atoms with Gasteiger partial charge >= 0.3 is 0 Å². The number of hydrogen-bond acceptors (Lipinski definition) is 3. The molecule has 1 aromatic rings. The van der Waals surface area contributed by atoms with Gasteiger partial charge in [-0.2, -0.15) is 0 Å². The van der Waals surface area contributed by atoms with Crippen molar-refractivity contribution in [2.45, 2.75) is 70.8 Å². The summed E-state index contributed by atoms with van der Waals surface area (Å²) in [6.45, 7) is 21.2. The summed E-state index contributed by atoms with van der Waals surface area (Å²) in [5.74, 6) is 2.68. The maximum Gasteiger partial charge on any atom is 0.0496 e. The van der Waals surface area contributed by atoms with E-state index < -0.39 is 0 Å². The Labute approximate surface area is 209 Å². The van der Waals surface area contributed by atoms with Crippen LogP contribution in [0.15, 0.2) is 56.2 Å². The molecule has 0 amide bonds. The second-order valence-electron chi connectivity index (χ2n) is 8.87. The number of likely N-dealkylation sites (N-methyl/N-ethyl adjacent to an activating group) is 1. The van der Waals surface area contributed by atoms with Gasteiger partial charge in [0, 0.05) is 56.2 Å². The minimum atomic E-state index is 0.216. The summed E-state index contributed by atoms with van der Waals surface area (Å²) < 4.78 is 5.74. The van der Waals surface area contributed by atoms with Crippen LogP contribution in [0.2, 0.25) is 0 Å². The van der Waals surface area contributed by atoms with Crippen LogP contribution in [0, 0.1) is 12.3 Å². The van der Waals surface area contributed by atoms with E-state index >= 15 is 0 Å². The molecular weight excluding hydrogens is 416 g/mol. The van der Waals surface area contributed by atoms with E-state index in [1.165, 1.54) is 0 Å². The number of allylic oxidation sites excluding steroid dienone is 1. The van der Waals surface area contributed by atoms with Crippen molar-refractivity contribution in [1.82, 2.24) is 4.90 Å². The third-order valence-corrected chi connectivity index (χ3v) is 6.10. The number of hydrogen-bond donors (Lipinski definition) is 1. The first-order valence-corrected chi connectivity index (χ1v) is 12.7. The van der Waals surface area contributed by atoms with E-state index in [0.717, 1.165) is 106 Å². The first-order valence-electron chi connectivity index (χ1n) is 12.7. The Bertz CT molecular complexity index is 817. The van der Waals surface area contributed by atoms with Crippen LogP contribution in [0.4, 0.5) is 5.69 Å². The number of ether oxygens (including phenoxy) is 1. The highest BCUT2D eigenvalue weighted by Gasteiger charge is 2.20. The fourth-order valence-electron chi connectivity index (χ4n) is 4.06. The van der Waals surface area contributed by atoms with Crippen molar-refractivity contribution in [1.29, 1.82) is 0 Å². The zero-order valence-electron chi connectivity index (χ0n) is 21.7. The molecule has 34 heavy (non-hydrogen) atoms. The zero-order chi connectivity index (χ0) is 25.2. The van der Waals surface area contributed by atoms with Gasteiger partial charge in [-0.25, -0.2) is 0 Å². The molecule has 0 radical (unpaired) electrons. The van der Waals surface area contributed by atoms with Crippen LogP contribution in [0.3, 0.4) is 0 Å². The Morgan fingerprint density at radius 2 is 1.82 bits per heavy atom. The van der Waals surface area contributed by atoms with Gasteiger partial charge in [-0.3, -0.25) is 0 Å². The molecule has 3 nitrogen and oxygen atoms in total. The van der Waals surface area contributed by atoms with Crippen molar-refractivity contribution >= 4 is 17.5 Å². The maximum atomic E-state index is 5.74. The highest BCUT2D eigenvalue weighted by Crippen LogP contribution is 2.32. The number of nitrogens with zero attached hydrogens (tertiary/aromatic N) is 1. The molecule has 0 aliphatic carbocycles. The minimum absolute atomic E-state index is 0.216. The quantitative estimate of drug-likeness (QED) is 0.121. The predicted molar refractivity (Wildman–Crippen MR) is 152 cm³/mol. The van der Waals surface area contributed by atoms with Crippen molar-refractivity contribution in [2.75, 3.05) is 32.1 Å². The second kappa shape index (κ2) is 17.7. The van der Waals surface area contributed by atoms with E-state index in [2.05, 4.69) is 74.6 Å². The van der Waals surface area contributed by atoms with Gasteiger partial charge in [0.25, 0.3) is 0 Å². The average Bonchev–Trinajstić information content (AvgIpc) is 2.83. The lowest BCUT2D eigenvalue weighted by molar-refractivity contribution is 0.126. The Balaban J connectivity index is 2.59. The molecule has 0 heterocycles. The van der Waals surface area contributed by atoms with Crippen LogP contribution in [0.25, 0.3) is 11.8 Å². The summed E-state index contributed by atoms with van der Waals surface area (Å²) in [5.41, 5.74) is 5.40. The van der Waals surface area contributed by atoms with Gasteiger partial charge in [0.05, 0.1) is 0 Å². The molecule has 0 aliphatic heterocycles. The Kier molecular flexibility index (Phi) is 15.3. The van der Waals surface area contributed by atoms with E-state index in [9.17, 15) is 0 Å². The molecule has 1 atom stereocenters. The van der Waals surface area contributed by atoms with Gasteiger partial charge in [-0.1, -0.05) is 56.0 Å². The zero-order valence-corrected chi connectivity index (χ0v) is 21.7. The van der Waals surface area contributed by atoms with E-state index in [0.29, 0.717) is 0 Å². The molecule has 1 unspecified atom stereocenters. The highest BCUT2D eigenvalue weighted by atomic mass is 16.5. The molecule has 0 spiro atoms. The average molecular weight is 463 g/mol. The topological polar surface area (TPSA) is 24.5 Å². The van der Waals surface area contributed by atoms with Crippen LogP contribution in [-0.4, -0.2) is 37.7 Å². The van der Waals surface area contributed by atoms with Crippen LogP contribution < -0.4 is 5.32 Å². The number of terminal acetylenes is 1. The lowest BCUT2D eigenvalue weighted by Gasteiger charge is -2.33. The van der Waals surface area contributed by atoms with E-state index in [1.54, 1.807) is 0 Å². The fraction of sp³-hybridized carbons (Fsp3) is 0.484. The molecule has 0 bridgehead atoms. The standard InChI is InChI=1S/C31H46N2O/c1-8-11-13-14-17-24-34-25-18-15-16-23-32-29-21-19-20-28(10-3)31(29)27(6)33(7)30(26(4)5)22-12-9-2/h1,9-10,19-21,30,32H,2-4,6,11-18,22-25H2,5,7H3. The summed E-state index contributed by atoms with van der Waals surface area (Å²) in [6, 6.07) is 6.51. The highest BCUT2D eigenvalue weighted by molar-refractivity contribution is 5.81. The molecule has 0 saturated heterocycles. The van der Waals surface area contributed by atoms with Crippen LogP contribution in [0.5, 0.6) is 0 Å². The van der Waals surface area contributed by atoms with Gasteiger partial charge in [-0.05, 0) is 63.5 Å². The maximum absolute atomic E-state index is 5.74. The molecular formula is C31H46N2O. The first-order chi connectivity index (χ1) is 16.5. The normalized spacial score (nSPS) is 11.3. The molecule has 0 fully saturated rings. The van der Waals surface area contributed by atoms with Crippen LogP contribution in [0.1, 0.15) is 75.8 Å². The summed E-state index contributed by atoms with van der Waals surface area (Å²) in [4.78, 5) is 2.24. The lowest BCUT2D eigenvalue weighted by Crippen LogP contribution is -2.31. The van der Waals surface area contributed by atoms with Crippen LogP contribution in [-0.2, 0) is 4.74 Å². The van der Waals surface area contributed by atoms with E-state index in [1.807, 2.05) is 12.2 Å². The third kappa shape index (κ3) is 10.5. The number of anilines is 1. The number of unbranched alkanes of at least 4 members (excludes halogenated alkanes) is 5. The van der Waals surface area contributed by atoms with Crippen molar-refractivity contribution in [3.05, 3.63) is 67.3 Å². The molecule has 3 heteroatoms.